The lowest BCUT2D eigenvalue weighted by Crippen LogP contribution is -2.37. The number of nitrogens with one attached hydrogen (secondary N) is 1. The third-order valence-corrected chi connectivity index (χ3v) is 5.02. The first-order chi connectivity index (χ1) is 13.6. The minimum Gasteiger partial charge on any atom is -0.481 e. The van der Waals surface area contributed by atoms with Crippen LogP contribution in [0.4, 0.5) is 0 Å². The molecule has 0 aliphatic rings. The van der Waals surface area contributed by atoms with E-state index in [0.717, 1.165) is 12.8 Å². The summed E-state index contributed by atoms with van der Waals surface area (Å²) in [7, 11) is 0. The Kier molecular flexibility index (Phi) is 19.4. The van der Waals surface area contributed by atoms with Crippen LogP contribution in [0.15, 0.2) is 12.2 Å². The van der Waals surface area contributed by atoms with Crippen LogP contribution >= 0.6 is 0 Å². The van der Waals surface area contributed by atoms with E-state index in [2.05, 4.69) is 24.4 Å². The molecule has 0 aliphatic heterocycles. The minimum absolute atomic E-state index is 0.114. The zero-order chi connectivity index (χ0) is 20.9. The fraction of sp³-hybridized carbons (Fsp3) is 0.826. The molecular formula is C23H43NO4. The summed E-state index contributed by atoms with van der Waals surface area (Å²) >= 11 is 0. The number of aliphatic carboxylic acids is 2. The van der Waals surface area contributed by atoms with Gasteiger partial charge in [0.25, 0.3) is 0 Å². The van der Waals surface area contributed by atoms with Gasteiger partial charge in [-0.1, -0.05) is 76.9 Å². The van der Waals surface area contributed by atoms with E-state index in [0.29, 0.717) is 6.54 Å². The zero-order valence-electron chi connectivity index (χ0n) is 18.0. The van der Waals surface area contributed by atoms with E-state index in [9.17, 15) is 9.59 Å². The highest BCUT2D eigenvalue weighted by Gasteiger charge is 2.17. The van der Waals surface area contributed by atoms with Gasteiger partial charge in [0.15, 0.2) is 0 Å². The molecule has 0 aromatic heterocycles. The van der Waals surface area contributed by atoms with Crippen molar-refractivity contribution in [3.63, 3.8) is 0 Å². The minimum atomic E-state index is -0.967. The molecule has 0 heterocycles. The van der Waals surface area contributed by atoms with E-state index >= 15 is 0 Å². The van der Waals surface area contributed by atoms with Crippen molar-refractivity contribution in [1.82, 2.24) is 5.32 Å². The molecule has 0 saturated carbocycles. The SMILES string of the molecule is CCCCCCCC/C=C\CCCCCCCCN[C@H](CCC(=O)O)C(=O)O. The maximum absolute atomic E-state index is 11.1. The molecule has 0 amide bonds. The van der Waals surface area contributed by atoms with Gasteiger partial charge >= 0.3 is 11.9 Å². The van der Waals surface area contributed by atoms with Gasteiger partial charge in [-0.25, -0.2) is 0 Å². The summed E-state index contributed by atoms with van der Waals surface area (Å²) in [5, 5.41) is 20.7. The van der Waals surface area contributed by atoms with Crippen molar-refractivity contribution in [2.45, 2.75) is 116 Å². The summed E-state index contributed by atoms with van der Waals surface area (Å²) in [5.74, 6) is -1.92. The smallest absolute Gasteiger partial charge is 0.320 e. The first kappa shape index (κ1) is 26.6. The van der Waals surface area contributed by atoms with Gasteiger partial charge in [0.1, 0.15) is 6.04 Å². The Morgan fingerprint density at radius 2 is 1.29 bits per heavy atom. The highest BCUT2D eigenvalue weighted by Crippen LogP contribution is 2.10. The summed E-state index contributed by atoms with van der Waals surface area (Å²) < 4.78 is 0. The molecule has 0 aliphatic carbocycles. The van der Waals surface area contributed by atoms with Gasteiger partial charge in [-0.3, -0.25) is 9.59 Å². The molecule has 28 heavy (non-hydrogen) atoms. The van der Waals surface area contributed by atoms with Crippen molar-refractivity contribution in [2.75, 3.05) is 6.54 Å². The van der Waals surface area contributed by atoms with Crippen LogP contribution in [-0.4, -0.2) is 34.7 Å². The monoisotopic (exact) mass is 397 g/mol. The van der Waals surface area contributed by atoms with Crippen LogP contribution in [0.25, 0.3) is 0 Å². The second-order valence-electron chi connectivity index (χ2n) is 7.72. The summed E-state index contributed by atoms with van der Waals surface area (Å²) in [4.78, 5) is 21.6. The van der Waals surface area contributed by atoms with Crippen molar-refractivity contribution in [3.8, 4) is 0 Å². The van der Waals surface area contributed by atoms with Crippen molar-refractivity contribution in [1.29, 1.82) is 0 Å². The van der Waals surface area contributed by atoms with Crippen molar-refractivity contribution in [3.05, 3.63) is 12.2 Å². The molecule has 0 aromatic rings. The van der Waals surface area contributed by atoms with E-state index in [1.165, 1.54) is 77.0 Å². The lowest BCUT2D eigenvalue weighted by molar-refractivity contribution is -0.140. The van der Waals surface area contributed by atoms with E-state index in [-0.39, 0.29) is 12.8 Å². The van der Waals surface area contributed by atoms with Crippen molar-refractivity contribution >= 4 is 11.9 Å². The third-order valence-electron chi connectivity index (χ3n) is 5.02. The normalized spacial score (nSPS) is 12.5. The van der Waals surface area contributed by atoms with E-state index in [4.69, 9.17) is 10.2 Å². The maximum Gasteiger partial charge on any atom is 0.320 e. The molecule has 0 aromatic carbocycles. The number of carbonyl (C=O) groups is 2. The van der Waals surface area contributed by atoms with Crippen LogP contribution in [-0.2, 0) is 9.59 Å². The Hall–Kier alpha value is -1.36. The molecule has 0 saturated heterocycles. The van der Waals surface area contributed by atoms with Crippen LogP contribution in [0.5, 0.6) is 0 Å². The van der Waals surface area contributed by atoms with E-state index in [1.807, 2.05) is 0 Å². The number of unbranched alkanes of at least 4 members (excludes halogenated alkanes) is 12. The van der Waals surface area contributed by atoms with E-state index in [1.54, 1.807) is 0 Å². The molecule has 0 spiro atoms. The molecule has 0 fully saturated rings. The molecule has 0 unspecified atom stereocenters. The quantitative estimate of drug-likeness (QED) is 0.165. The summed E-state index contributed by atoms with van der Waals surface area (Å²) in [6.07, 6.45) is 22.2. The van der Waals surface area contributed by atoms with Crippen LogP contribution in [0, 0.1) is 0 Å². The van der Waals surface area contributed by atoms with Crippen LogP contribution in [0.3, 0.4) is 0 Å². The molecule has 1 atom stereocenters. The van der Waals surface area contributed by atoms with Crippen LogP contribution < -0.4 is 5.32 Å². The second-order valence-corrected chi connectivity index (χ2v) is 7.72. The number of rotatable bonds is 21. The predicted molar refractivity (Wildman–Crippen MR) is 116 cm³/mol. The lowest BCUT2D eigenvalue weighted by Gasteiger charge is -2.13. The molecule has 164 valence electrons. The highest BCUT2D eigenvalue weighted by atomic mass is 16.4. The van der Waals surface area contributed by atoms with Gasteiger partial charge in [0.05, 0.1) is 0 Å². The topological polar surface area (TPSA) is 86.6 Å². The van der Waals surface area contributed by atoms with E-state index < -0.39 is 18.0 Å². The average molecular weight is 398 g/mol. The Morgan fingerprint density at radius 1 is 0.786 bits per heavy atom. The Balaban J connectivity index is 3.37. The highest BCUT2D eigenvalue weighted by molar-refractivity contribution is 5.75. The Bertz CT molecular complexity index is 409. The molecule has 0 radical (unpaired) electrons. The predicted octanol–water partition coefficient (Wildman–Crippen LogP) is 5.93. The fourth-order valence-corrected chi connectivity index (χ4v) is 3.23. The first-order valence-corrected chi connectivity index (χ1v) is 11.4. The lowest BCUT2D eigenvalue weighted by atomic mass is 10.1. The fourth-order valence-electron chi connectivity index (χ4n) is 3.23. The molecule has 0 bridgehead atoms. The maximum atomic E-state index is 11.1. The molecule has 0 rings (SSSR count). The Labute approximate surface area is 172 Å². The van der Waals surface area contributed by atoms with Gasteiger partial charge in [0, 0.05) is 6.42 Å². The molecule has 5 heteroatoms. The largest absolute Gasteiger partial charge is 0.481 e. The average Bonchev–Trinajstić information content (AvgIpc) is 2.66. The second kappa shape index (κ2) is 20.4. The first-order valence-electron chi connectivity index (χ1n) is 11.4. The Morgan fingerprint density at radius 3 is 1.79 bits per heavy atom. The van der Waals surface area contributed by atoms with Crippen LogP contribution in [0.1, 0.15) is 110 Å². The summed E-state index contributed by atoms with van der Waals surface area (Å²) in [6.45, 7) is 2.89. The number of allylic oxidation sites excluding steroid dienone is 2. The van der Waals surface area contributed by atoms with Gasteiger partial charge in [-0.15, -0.1) is 0 Å². The molecular weight excluding hydrogens is 354 g/mol. The van der Waals surface area contributed by atoms with Gasteiger partial charge < -0.3 is 15.5 Å². The number of hydrogen-bond donors (Lipinski definition) is 3. The van der Waals surface area contributed by atoms with Gasteiger partial charge in [-0.2, -0.15) is 0 Å². The summed E-state index contributed by atoms with van der Waals surface area (Å²) in [6, 6.07) is -0.751. The molecule has 5 nitrogen and oxygen atoms in total. The van der Waals surface area contributed by atoms with Crippen LogP contribution in [0.2, 0.25) is 0 Å². The standard InChI is InChI=1S/C23H43NO4/c1-2-3-4-5-6-7-8-9-10-11-12-13-14-15-16-17-20-24-21(23(27)28)18-19-22(25)26/h9-10,21,24H,2-8,11-20H2,1H3,(H,25,26)(H,27,28)/b10-9-/t21-/m1/s1. The number of hydrogen-bond acceptors (Lipinski definition) is 3. The third kappa shape index (κ3) is 19.4. The number of carboxylic acids is 2. The molecule has 3 N–H and O–H groups in total. The van der Waals surface area contributed by atoms with Gasteiger partial charge in [0.2, 0.25) is 0 Å². The zero-order valence-corrected chi connectivity index (χ0v) is 18.0. The van der Waals surface area contributed by atoms with Crippen molar-refractivity contribution in [2.24, 2.45) is 0 Å². The van der Waals surface area contributed by atoms with Crippen molar-refractivity contribution < 1.29 is 19.8 Å². The number of carboxylic acid groups (broad SMARTS) is 2. The van der Waals surface area contributed by atoms with Gasteiger partial charge in [-0.05, 0) is 45.1 Å². The summed E-state index contributed by atoms with van der Waals surface area (Å²) in [5.41, 5.74) is 0.